The van der Waals surface area contributed by atoms with Crippen LogP contribution in [0.4, 0.5) is 0 Å². The van der Waals surface area contributed by atoms with Crippen LogP contribution in [-0.4, -0.2) is 39.0 Å². The van der Waals surface area contributed by atoms with Crippen molar-refractivity contribution in [3.05, 3.63) is 105 Å². The monoisotopic (exact) mass is 452 g/mol. The normalized spacial score (nSPS) is 20.0. The molecule has 1 unspecified atom stereocenters. The van der Waals surface area contributed by atoms with Gasteiger partial charge in [-0.15, -0.1) is 0 Å². The summed E-state index contributed by atoms with van der Waals surface area (Å²) in [5.41, 5.74) is 0.0636. The highest BCUT2D eigenvalue weighted by Gasteiger charge is 2.40. The van der Waals surface area contributed by atoms with Gasteiger partial charge in [0.2, 0.25) is 0 Å². The molecule has 9 nitrogen and oxygen atoms in total. The summed E-state index contributed by atoms with van der Waals surface area (Å²) in [6, 6.07) is 19.0. The fraction of sp³-hybridized carbons (Fsp3) is 0.292. The number of aromatic nitrogens is 2. The number of carbonyl (C=O) groups excluding carboxylic acids is 1. The Balaban J connectivity index is 1.54. The van der Waals surface area contributed by atoms with E-state index >= 15 is 0 Å². The number of esters is 1. The zero-order valence-corrected chi connectivity index (χ0v) is 17.8. The first kappa shape index (κ1) is 22.7. The van der Waals surface area contributed by atoms with Gasteiger partial charge in [-0.25, -0.2) is 14.2 Å². The van der Waals surface area contributed by atoms with Crippen LogP contribution in [0.3, 0.4) is 0 Å². The van der Waals surface area contributed by atoms with Crippen molar-refractivity contribution >= 4 is 5.97 Å². The predicted molar refractivity (Wildman–Crippen MR) is 117 cm³/mol. The lowest BCUT2D eigenvalue weighted by atomic mass is 10.2. The van der Waals surface area contributed by atoms with Gasteiger partial charge in [0.05, 0.1) is 24.9 Å². The van der Waals surface area contributed by atoms with Crippen LogP contribution in [0.5, 0.6) is 0 Å². The van der Waals surface area contributed by atoms with Crippen molar-refractivity contribution in [2.24, 2.45) is 0 Å². The zero-order chi connectivity index (χ0) is 23.2. The Hall–Kier alpha value is -3.53. The molecule has 1 aromatic heterocycles. The maximum atomic E-state index is 13.1. The van der Waals surface area contributed by atoms with E-state index in [9.17, 15) is 19.5 Å². The molecule has 172 valence electrons. The molecule has 0 aliphatic carbocycles. The third-order valence-electron chi connectivity index (χ3n) is 5.32. The molecule has 2 aromatic carbocycles. The van der Waals surface area contributed by atoms with E-state index in [0.29, 0.717) is 5.56 Å². The Morgan fingerprint density at radius 3 is 2.42 bits per heavy atom. The van der Waals surface area contributed by atoms with Gasteiger partial charge in [-0.05, 0) is 17.7 Å². The van der Waals surface area contributed by atoms with Crippen molar-refractivity contribution in [1.29, 1.82) is 0 Å². The summed E-state index contributed by atoms with van der Waals surface area (Å²) in [7, 11) is 0. The van der Waals surface area contributed by atoms with Crippen molar-refractivity contribution in [3.8, 4) is 0 Å². The molecule has 1 saturated heterocycles. The number of ether oxygens (including phenoxy) is 3. The van der Waals surface area contributed by atoms with Crippen molar-refractivity contribution in [1.82, 2.24) is 9.13 Å². The second-order valence-corrected chi connectivity index (χ2v) is 7.61. The molecule has 1 aliphatic rings. The topological polar surface area (TPSA) is 109 Å². The third-order valence-corrected chi connectivity index (χ3v) is 5.32. The maximum absolute atomic E-state index is 13.1. The molecular formula is C24H24N2O7. The molecule has 1 fully saturated rings. The van der Waals surface area contributed by atoms with E-state index in [4.69, 9.17) is 14.2 Å². The minimum absolute atomic E-state index is 0.204. The SMILES string of the molecule is O=C(OC1C[C@@H](CO)O[C@H]1n1ccc(=O)n(COCc2ccccc2)c1=O)c1ccccc1. The number of aliphatic hydroxyl groups is 1. The van der Waals surface area contributed by atoms with E-state index in [2.05, 4.69) is 0 Å². The average molecular weight is 452 g/mol. The lowest BCUT2D eigenvalue weighted by molar-refractivity contribution is -0.0617. The predicted octanol–water partition coefficient (Wildman–Crippen LogP) is 1.69. The highest BCUT2D eigenvalue weighted by Crippen LogP contribution is 2.30. The van der Waals surface area contributed by atoms with Crippen LogP contribution in [0.15, 0.2) is 82.5 Å². The minimum atomic E-state index is -0.997. The van der Waals surface area contributed by atoms with Gasteiger partial charge in [0, 0.05) is 18.7 Å². The summed E-state index contributed by atoms with van der Waals surface area (Å²) in [6.45, 7) is -0.325. The molecule has 1 aliphatic heterocycles. The van der Waals surface area contributed by atoms with Gasteiger partial charge in [-0.2, -0.15) is 0 Å². The molecule has 1 N–H and O–H groups in total. The molecule has 0 saturated carbocycles. The molecule has 0 bridgehead atoms. The number of hydrogen-bond acceptors (Lipinski definition) is 7. The van der Waals surface area contributed by atoms with Crippen LogP contribution < -0.4 is 11.2 Å². The van der Waals surface area contributed by atoms with Gasteiger partial charge < -0.3 is 19.3 Å². The van der Waals surface area contributed by atoms with Gasteiger partial charge in [-0.1, -0.05) is 48.5 Å². The lowest BCUT2D eigenvalue weighted by Gasteiger charge is -2.22. The van der Waals surface area contributed by atoms with Crippen molar-refractivity contribution < 1.29 is 24.1 Å². The first-order valence-electron chi connectivity index (χ1n) is 10.5. The van der Waals surface area contributed by atoms with E-state index in [1.165, 1.54) is 16.8 Å². The van der Waals surface area contributed by atoms with Gasteiger partial charge in [0.25, 0.3) is 5.56 Å². The number of benzene rings is 2. The van der Waals surface area contributed by atoms with Crippen LogP contribution in [0.2, 0.25) is 0 Å². The minimum Gasteiger partial charge on any atom is -0.454 e. The number of nitrogens with zero attached hydrogens (tertiary/aromatic N) is 2. The summed E-state index contributed by atoms with van der Waals surface area (Å²) in [5.74, 6) is -0.569. The molecule has 33 heavy (non-hydrogen) atoms. The number of rotatable bonds is 8. The van der Waals surface area contributed by atoms with E-state index in [1.54, 1.807) is 30.3 Å². The summed E-state index contributed by atoms with van der Waals surface area (Å²) in [4.78, 5) is 37.9. The molecule has 2 heterocycles. The van der Waals surface area contributed by atoms with Gasteiger partial charge in [0.1, 0.15) is 12.8 Å². The highest BCUT2D eigenvalue weighted by molar-refractivity contribution is 5.89. The van der Waals surface area contributed by atoms with Crippen LogP contribution in [0.1, 0.15) is 28.6 Å². The van der Waals surface area contributed by atoms with Gasteiger partial charge >= 0.3 is 11.7 Å². The van der Waals surface area contributed by atoms with E-state index in [-0.39, 0.29) is 26.4 Å². The molecule has 4 rings (SSSR count). The summed E-state index contributed by atoms with van der Waals surface area (Å²) >= 11 is 0. The standard InChI is InChI=1S/C24H24N2O7/c27-14-19-13-20(33-23(29)18-9-5-2-6-10-18)22(32-19)25-12-11-21(28)26(24(25)30)16-31-15-17-7-3-1-4-8-17/h1-12,19-20,22,27H,13-16H2/t19-,20?,22+/m0/s1. The largest absolute Gasteiger partial charge is 0.454 e. The highest BCUT2D eigenvalue weighted by atomic mass is 16.6. The van der Waals surface area contributed by atoms with Crippen molar-refractivity contribution in [3.63, 3.8) is 0 Å². The van der Waals surface area contributed by atoms with Crippen molar-refractivity contribution in [2.45, 2.75) is 38.2 Å². The van der Waals surface area contributed by atoms with E-state index < -0.39 is 35.7 Å². The lowest BCUT2D eigenvalue weighted by Crippen LogP contribution is -2.43. The number of carbonyl (C=O) groups is 1. The van der Waals surface area contributed by atoms with Crippen LogP contribution in [0, 0.1) is 0 Å². The molecule has 3 atom stereocenters. The van der Waals surface area contributed by atoms with Crippen molar-refractivity contribution in [2.75, 3.05) is 6.61 Å². The molecule has 9 heteroatoms. The van der Waals surface area contributed by atoms with Crippen LogP contribution >= 0.6 is 0 Å². The smallest absolute Gasteiger partial charge is 0.338 e. The average Bonchev–Trinajstić information content (AvgIpc) is 3.25. The quantitative estimate of drug-likeness (QED) is 0.518. The molecular weight excluding hydrogens is 428 g/mol. The first-order chi connectivity index (χ1) is 16.1. The molecule has 0 radical (unpaired) electrons. The van der Waals surface area contributed by atoms with E-state index in [1.807, 2.05) is 30.3 Å². The second-order valence-electron chi connectivity index (χ2n) is 7.61. The molecule has 3 aromatic rings. The fourth-order valence-electron chi connectivity index (χ4n) is 3.64. The number of hydrogen-bond donors (Lipinski definition) is 1. The third kappa shape index (κ3) is 5.28. The van der Waals surface area contributed by atoms with Gasteiger partial charge in [0.15, 0.2) is 6.23 Å². The Morgan fingerprint density at radius 2 is 1.73 bits per heavy atom. The summed E-state index contributed by atoms with van der Waals surface area (Å²) in [6.07, 6.45) is -0.945. The van der Waals surface area contributed by atoms with Gasteiger partial charge in [-0.3, -0.25) is 9.36 Å². The van der Waals surface area contributed by atoms with E-state index in [0.717, 1.165) is 10.1 Å². The Kier molecular flexibility index (Phi) is 7.13. The zero-order valence-electron chi connectivity index (χ0n) is 17.8. The Morgan fingerprint density at radius 1 is 1.03 bits per heavy atom. The van der Waals surface area contributed by atoms with Crippen LogP contribution in [-0.2, 0) is 27.5 Å². The summed E-state index contributed by atoms with van der Waals surface area (Å²) in [5, 5.41) is 9.56. The second kappa shape index (κ2) is 10.4. The molecule has 0 amide bonds. The maximum Gasteiger partial charge on any atom is 0.338 e. The van der Waals surface area contributed by atoms with Crippen LogP contribution in [0.25, 0.3) is 0 Å². The Bertz CT molecular complexity index is 1190. The first-order valence-corrected chi connectivity index (χ1v) is 10.5. The Labute approximate surface area is 189 Å². The molecule has 0 spiro atoms. The summed E-state index contributed by atoms with van der Waals surface area (Å²) < 4.78 is 19.1. The fourth-order valence-corrected chi connectivity index (χ4v) is 3.64. The number of aliphatic hydroxyl groups excluding tert-OH is 1.